The number of hydrogen-bond acceptors (Lipinski definition) is 3. The molecule has 1 aliphatic heterocycles. The maximum Gasteiger partial charge on any atom is 0.169 e. The van der Waals surface area contributed by atoms with E-state index in [9.17, 15) is 0 Å². The van der Waals surface area contributed by atoms with Crippen molar-refractivity contribution in [2.75, 3.05) is 4.90 Å². The van der Waals surface area contributed by atoms with Crippen molar-refractivity contribution in [2.45, 2.75) is 17.9 Å². The molecule has 1 spiro atoms. The molecule has 9 aromatic carbocycles. The van der Waals surface area contributed by atoms with E-state index in [4.69, 9.17) is 9.47 Å². The quantitative estimate of drug-likeness (QED) is 0.167. The second-order valence-corrected chi connectivity index (χ2v) is 17.1. The molecule has 0 saturated carbocycles. The Morgan fingerprint density at radius 3 is 1.52 bits per heavy atom. The predicted molar refractivity (Wildman–Crippen MR) is 261 cm³/mol. The summed E-state index contributed by atoms with van der Waals surface area (Å²) in [6.07, 6.45) is 6.92. The van der Waals surface area contributed by atoms with Crippen LogP contribution in [-0.4, -0.2) is 6.10 Å². The molecule has 0 radical (unpaired) electrons. The zero-order valence-electron chi connectivity index (χ0n) is 35.0. The van der Waals surface area contributed by atoms with E-state index < -0.39 is 5.41 Å². The molecule has 13 rings (SSSR count). The molecule has 0 saturated heterocycles. The molecular weight excluding hydrogens is 779 g/mol. The minimum atomic E-state index is -0.488. The van der Waals surface area contributed by atoms with Crippen LogP contribution < -0.4 is 14.4 Å². The van der Waals surface area contributed by atoms with Crippen molar-refractivity contribution in [1.29, 1.82) is 0 Å². The molecule has 1 heterocycles. The Balaban J connectivity index is 0.885. The Hall–Kier alpha value is -8.14. The molecule has 1 unspecified atom stereocenters. The molecular formula is C61H41NO2. The zero-order valence-corrected chi connectivity index (χ0v) is 35.0. The summed E-state index contributed by atoms with van der Waals surface area (Å²) in [6, 6.07) is 77.4. The first-order valence-corrected chi connectivity index (χ1v) is 22.2. The average molecular weight is 820 g/mol. The average Bonchev–Trinajstić information content (AvgIpc) is 3.82. The summed E-state index contributed by atoms with van der Waals surface area (Å²) in [5.74, 6) is 2.43. The van der Waals surface area contributed by atoms with Crippen molar-refractivity contribution >= 4 is 17.1 Å². The molecule has 64 heavy (non-hydrogen) atoms. The van der Waals surface area contributed by atoms with Crippen LogP contribution in [0.1, 0.15) is 28.7 Å². The van der Waals surface area contributed by atoms with Gasteiger partial charge in [0.2, 0.25) is 0 Å². The number of fused-ring (bicyclic) bond motifs is 12. The van der Waals surface area contributed by atoms with E-state index in [1.807, 2.05) is 6.08 Å². The lowest BCUT2D eigenvalue weighted by atomic mass is 9.70. The van der Waals surface area contributed by atoms with Crippen LogP contribution in [0, 0.1) is 0 Å². The molecule has 3 nitrogen and oxygen atoms in total. The van der Waals surface area contributed by atoms with E-state index in [1.54, 1.807) is 0 Å². The summed E-state index contributed by atoms with van der Waals surface area (Å²) >= 11 is 0. The summed E-state index contributed by atoms with van der Waals surface area (Å²) in [7, 11) is 0. The summed E-state index contributed by atoms with van der Waals surface area (Å²) in [6.45, 7) is 0. The number of para-hydroxylation sites is 1. The molecule has 302 valence electrons. The maximum atomic E-state index is 6.72. The van der Waals surface area contributed by atoms with Gasteiger partial charge in [0.25, 0.3) is 0 Å². The van der Waals surface area contributed by atoms with Gasteiger partial charge in [-0.15, -0.1) is 0 Å². The van der Waals surface area contributed by atoms with Crippen LogP contribution in [0.2, 0.25) is 0 Å². The Morgan fingerprint density at radius 1 is 0.391 bits per heavy atom. The second kappa shape index (κ2) is 14.5. The summed E-state index contributed by atoms with van der Waals surface area (Å²) in [5, 5.41) is 0. The fraction of sp³-hybridized carbons (Fsp3) is 0.0492. The number of rotatable bonds is 6. The van der Waals surface area contributed by atoms with E-state index in [-0.39, 0.29) is 6.10 Å². The van der Waals surface area contributed by atoms with Gasteiger partial charge < -0.3 is 14.4 Å². The lowest BCUT2D eigenvalue weighted by Crippen LogP contribution is -2.29. The number of anilines is 3. The van der Waals surface area contributed by atoms with Gasteiger partial charge in [0.15, 0.2) is 17.6 Å². The molecule has 3 heteroatoms. The van der Waals surface area contributed by atoms with Crippen LogP contribution in [0.15, 0.2) is 236 Å². The smallest absolute Gasteiger partial charge is 0.169 e. The van der Waals surface area contributed by atoms with E-state index in [0.29, 0.717) is 0 Å². The molecule has 0 N–H and O–H groups in total. The first-order valence-electron chi connectivity index (χ1n) is 22.2. The van der Waals surface area contributed by atoms with E-state index >= 15 is 0 Å². The van der Waals surface area contributed by atoms with E-state index in [2.05, 4.69) is 229 Å². The van der Waals surface area contributed by atoms with Crippen molar-refractivity contribution in [2.24, 2.45) is 0 Å². The molecule has 1 atom stereocenters. The van der Waals surface area contributed by atoms with Crippen molar-refractivity contribution in [1.82, 2.24) is 0 Å². The molecule has 9 aromatic rings. The summed E-state index contributed by atoms with van der Waals surface area (Å²) in [4.78, 5) is 2.33. The highest BCUT2D eigenvalue weighted by molar-refractivity contribution is 5.97. The van der Waals surface area contributed by atoms with Crippen LogP contribution in [-0.2, 0) is 5.41 Å². The van der Waals surface area contributed by atoms with Crippen molar-refractivity contribution in [3.63, 3.8) is 0 Å². The van der Waals surface area contributed by atoms with Crippen LogP contribution >= 0.6 is 0 Å². The van der Waals surface area contributed by atoms with E-state index in [0.717, 1.165) is 51.9 Å². The van der Waals surface area contributed by atoms with Gasteiger partial charge in [-0.05, 0) is 139 Å². The molecule has 4 aliphatic rings. The van der Waals surface area contributed by atoms with Crippen LogP contribution in [0.4, 0.5) is 17.1 Å². The predicted octanol–water partition coefficient (Wildman–Crippen LogP) is 15.5. The monoisotopic (exact) mass is 819 g/mol. The topological polar surface area (TPSA) is 21.7 Å². The third-order valence-electron chi connectivity index (χ3n) is 13.6. The minimum Gasteiger partial charge on any atom is -0.478 e. The first kappa shape index (κ1) is 36.5. The van der Waals surface area contributed by atoms with Crippen LogP contribution in [0.3, 0.4) is 0 Å². The third-order valence-corrected chi connectivity index (χ3v) is 13.6. The Kier molecular flexibility index (Phi) is 8.26. The Morgan fingerprint density at radius 2 is 0.875 bits per heavy atom. The number of allylic oxidation sites excluding steroid dienone is 2. The number of nitrogens with zero attached hydrogens (tertiary/aromatic N) is 1. The van der Waals surface area contributed by atoms with Crippen molar-refractivity contribution in [3.05, 3.63) is 259 Å². The Bertz CT molecular complexity index is 3280. The van der Waals surface area contributed by atoms with Gasteiger partial charge in [0, 0.05) is 23.5 Å². The molecule has 0 aromatic heterocycles. The standard InChI is InChI=1S/C61H41NO2/c1-3-13-40(14-4-1)41-23-25-42(26-24-41)43-27-32-47(33-28-43)62(46-15-5-2-6-16-46)48-34-29-44(30-35-48)45-31-36-55-51(37-45)52-38-59-60(64-58-22-12-11-21-57(58)63-59)39-56(52)61(55)53-19-9-7-17-49(53)50-18-8-10-20-54(50)61/h1-21,23-39,58H,22H2. The van der Waals surface area contributed by atoms with Gasteiger partial charge in [-0.1, -0.05) is 170 Å². The van der Waals surface area contributed by atoms with Gasteiger partial charge in [0.05, 0.1) is 5.41 Å². The number of ether oxygens (including phenoxy) is 2. The second-order valence-electron chi connectivity index (χ2n) is 17.1. The normalized spacial score (nSPS) is 15.4. The highest BCUT2D eigenvalue weighted by Crippen LogP contribution is 2.64. The summed E-state index contributed by atoms with van der Waals surface area (Å²) < 4.78 is 13.3. The third kappa shape index (κ3) is 5.60. The number of benzene rings is 9. The highest BCUT2D eigenvalue weighted by Gasteiger charge is 2.52. The minimum absolute atomic E-state index is 0.117. The lowest BCUT2D eigenvalue weighted by molar-refractivity contribution is 0.147. The van der Waals surface area contributed by atoms with Gasteiger partial charge in [-0.3, -0.25) is 0 Å². The van der Waals surface area contributed by atoms with Crippen molar-refractivity contribution in [3.8, 4) is 67.1 Å². The lowest BCUT2D eigenvalue weighted by Gasteiger charge is -2.33. The molecule has 0 bridgehead atoms. The largest absolute Gasteiger partial charge is 0.478 e. The molecule has 3 aliphatic carbocycles. The molecule has 0 amide bonds. The van der Waals surface area contributed by atoms with Gasteiger partial charge in [0.1, 0.15) is 5.76 Å². The van der Waals surface area contributed by atoms with Gasteiger partial charge >= 0.3 is 0 Å². The Labute approximate surface area is 373 Å². The highest BCUT2D eigenvalue weighted by atomic mass is 16.6. The molecule has 0 fully saturated rings. The van der Waals surface area contributed by atoms with Crippen LogP contribution in [0.25, 0.3) is 55.6 Å². The maximum absolute atomic E-state index is 6.72. The zero-order chi connectivity index (χ0) is 42.2. The number of hydrogen-bond donors (Lipinski definition) is 0. The fourth-order valence-electron chi connectivity index (χ4n) is 10.7. The van der Waals surface area contributed by atoms with Crippen molar-refractivity contribution < 1.29 is 9.47 Å². The van der Waals surface area contributed by atoms with Gasteiger partial charge in [-0.2, -0.15) is 0 Å². The summed E-state index contributed by atoms with van der Waals surface area (Å²) in [5.41, 5.74) is 20.0. The van der Waals surface area contributed by atoms with E-state index in [1.165, 1.54) is 66.8 Å². The van der Waals surface area contributed by atoms with Gasteiger partial charge in [-0.25, -0.2) is 0 Å². The van der Waals surface area contributed by atoms with Crippen LogP contribution in [0.5, 0.6) is 11.5 Å². The SMILES string of the molecule is C1=CCC2Oc3cc4c(cc3OC2=C1)-c1cc(-c2ccc(N(c3ccccc3)c3ccc(-c5ccc(-c6ccccc6)cc5)cc3)cc2)ccc1C41c2ccccc2-c2ccccc21. The first-order chi connectivity index (χ1) is 31.7. The fourth-order valence-corrected chi connectivity index (χ4v) is 10.7.